The summed E-state index contributed by atoms with van der Waals surface area (Å²) in [5.74, 6) is -2.06. The third-order valence-corrected chi connectivity index (χ3v) is 5.01. The van der Waals surface area contributed by atoms with Crippen LogP contribution in [0, 0.1) is 11.6 Å². The van der Waals surface area contributed by atoms with Crippen molar-refractivity contribution in [3.05, 3.63) is 35.5 Å². The number of carbonyl (C=O) groups is 1. The first kappa shape index (κ1) is 26.4. The molecule has 8 nitrogen and oxygen atoms in total. The molecule has 0 spiro atoms. The van der Waals surface area contributed by atoms with E-state index in [0.29, 0.717) is 75.7 Å². The number of nitrogens with one attached hydrogen (secondary N) is 1. The molecule has 0 saturated carbocycles. The summed E-state index contributed by atoms with van der Waals surface area (Å²) in [5.41, 5.74) is 0.848. The molecule has 3 rings (SSSR count). The minimum absolute atomic E-state index is 0. The van der Waals surface area contributed by atoms with Gasteiger partial charge in [-0.25, -0.2) is 8.78 Å². The van der Waals surface area contributed by atoms with E-state index in [0.717, 1.165) is 12.1 Å². The first-order chi connectivity index (χ1) is 15.1. The Kier molecular flexibility index (Phi) is 11.3. The molecule has 0 atom stereocenters. The van der Waals surface area contributed by atoms with E-state index in [-0.39, 0.29) is 38.1 Å². The van der Waals surface area contributed by atoms with Gasteiger partial charge in [-0.05, 0) is 12.1 Å². The summed E-state index contributed by atoms with van der Waals surface area (Å²) in [6.07, 6.45) is 0. The van der Waals surface area contributed by atoms with Gasteiger partial charge in [-0.1, -0.05) is 0 Å². The number of piperazine rings is 1. The molecule has 0 unspecified atom stereocenters. The Hall–Kier alpha value is -1.82. The van der Waals surface area contributed by atoms with E-state index in [1.54, 1.807) is 15.5 Å². The topological polar surface area (TPSA) is 85.2 Å². The van der Waals surface area contributed by atoms with Crippen LogP contribution >= 0.6 is 12.4 Å². The van der Waals surface area contributed by atoms with Crippen LogP contribution in [-0.4, -0.2) is 92.9 Å². The van der Waals surface area contributed by atoms with E-state index in [1.165, 1.54) is 0 Å². The van der Waals surface area contributed by atoms with Crippen LogP contribution in [0.4, 0.5) is 8.78 Å². The summed E-state index contributed by atoms with van der Waals surface area (Å²) in [7, 11) is 0. The number of aliphatic hydroxyl groups excluding tert-OH is 1. The minimum Gasteiger partial charge on any atom is -0.394 e. The molecular formula is C21H30ClF2N3O5. The maximum Gasteiger partial charge on any atom is 0.270 e. The lowest BCUT2D eigenvalue weighted by Gasteiger charge is -2.27. The Labute approximate surface area is 191 Å². The lowest BCUT2D eigenvalue weighted by atomic mass is 10.2. The Balaban J connectivity index is 0.00000363. The normalized spacial score (nSPS) is 14.0. The van der Waals surface area contributed by atoms with E-state index in [4.69, 9.17) is 19.3 Å². The third-order valence-electron chi connectivity index (χ3n) is 5.01. The van der Waals surface area contributed by atoms with Gasteiger partial charge in [0.2, 0.25) is 0 Å². The number of aliphatic hydroxyl groups is 1. The Bertz CT molecular complexity index is 862. The summed E-state index contributed by atoms with van der Waals surface area (Å²) >= 11 is 0. The van der Waals surface area contributed by atoms with Crippen molar-refractivity contribution >= 4 is 29.2 Å². The van der Waals surface area contributed by atoms with Gasteiger partial charge in [0.1, 0.15) is 5.69 Å². The Morgan fingerprint density at radius 1 is 0.938 bits per heavy atom. The second-order valence-electron chi connectivity index (χ2n) is 7.11. The maximum atomic E-state index is 13.9. The molecule has 1 amide bonds. The highest BCUT2D eigenvalue weighted by atomic mass is 35.5. The molecular weight excluding hydrogens is 448 g/mol. The third kappa shape index (κ3) is 7.09. The number of fused-ring (bicyclic) bond motifs is 1. The fraction of sp³-hybridized carbons (Fsp3) is 0.571. The van der Waals surface area contributed by atoms with Crippen molar-refractivity contribution in [1.82, 2.24) is 14.8 Å². The van der Waals surface area contributed by atoms with Crippen LogP contribution in [0.1, 0.15) is 10.5 Å². The summed E-state index contributed by atoms with van der Waals surface area (Å²) in [5, 5.41) is 12.3. The Morgan fingerprint density at radius 3 is 2.19 bits per heavy atom. The van der Waals surface area contributed by atoms with Crippen LogP contribution in [0.2, 0.25) is 0 Å². The smallest absolute Gasteiger partial charge is 0.270 e. The van der Waals surface area contributed by atoms with Crippen LogP contribution in [0.15, 0.2) is 18.2 Å². The molecule has 0 bridgehead atoms. The summed E-state index contributed by atoms with van der Waals surface area (Å²) in [6, 6.07) is 3.84. The minimum atomic E-state index is -0.953. The fourth-order valence-corrected chi connectivity index (χ4v) is 3.47. The Morgan fingerprint density at radius 2 is 1.53 bits per heavy atom. The first-order valence-electron chi connectivity index (χ1n) is 10.4. The average Bonchev–Trinajstić information content (AvgIpc) is 3.12. The van der Waals surface area contributed by atoms with Crippen LogP contribution in [-0.2, 0) is 20.8 Å². The summed E-state index contributed by atoms with van der Waals surface area (Å²) in [4.78, 5) is 14.8. The number of rotatable bonds is 12. The average molecular weight is 478 g/mol. The molecule has 1 saturated heterocycles. The number of amides is 1. The quantitative estimate of drug-likeness (QED) is 0.450. The van der Waals surface area contributed by atoms with Crippen molar-refractivity contribution in [2.75, 3.05) is 72.4 Å². The highest BCUT2D eigenvalue weighted by Crippen LogP contribution is 2.24. The van der Waals surface area contributed by atoms with Gasteiger partial charge in [-0.15, -0.1) is 12.4 Å². The van der Waals surface area contributed by atoms with Crippen molar-refractivity contribution in [1.29, 1.82) is 0 Å². The van der Waals surface area contributed by atoms with Crippen molar-refractivity contribution in [2.45, 2.75) is 6.54 Å². The zero-order valence-corrected chi connectivity index (χ0v) is 18.7. The molecule has 180 valence electrons. The number of hydrogen-bond acceptors (Lipinski definition) is 6. The van der Waals surface area contributed by atoms with Gasteiger partial charge < -0.3 is 34.1 Å². The zero-order chi connectivity index (χ0) is 22.1. The van der Waals surface area contributed by atoms with Crippen LogP contribution in [0.3, 0.4) is 0 Å². The maximum absolute atomic E-state index is 13.9. The van der Waals surface area contributed by atoms with Gasteiger partial charge in [0.25, 0.3) is 5.91 Å². The van der Waals surface area contributed by atoms with Crippen molar-refractivity contribution in [3.63, 3.8) is 0 Å². The monoisotopic (exact) mass is 477 g/mol. The summed E-state index contributed by atoms with van der Waals surface area (Å²) in [6.45, 7) is 4.98. The molecule has 2 aromatic rings. The fourth-order valence-electron chi connectivity index (χ4n) is 3.47. The number of hydrogen-bond donors (Lipinski definition) is 2. The lowest BCUT2D eigenvalue weighted by Crippen LogP contribution is -2.46. The molecule has 1 aromatic carbocycles. The zero-order valence-electron chi connectivity index (χ0n) is 17.9. The predicted molar refractivity (Wildman–Crippen MR) is 117 cm³/mol. The lowest BCUT2D eigenvalue weighted by molar-refractivity contribution is 0.00665. The molecule has 2 N–H and O–H groups in total. The van der Waals surface area contributed by atoms with Crippen molar-refractivity contribution in [2.24, 2.45) is 0 Å². The van der Waals surface area contributed by atoms with E-state index in [1.807, 2.05) is 0 Å². The molecule has 2 heterocycles. The SMILES string of the molecule is Cl.O=C(c1cc2cc(F)c(F)cc2n1CCOCCOCCOCCO)N1CCNCC1. The molecule has 1 aromatic heterocycles. The van der Waals surface area contributed by atoms with E-state index in [9.17, 15) is 13.6 Å². The van der Waals surface area contributed by atoms with Gasteiger partial charge >= 0.3 is 0 Å². The van der Waals surface area contributed by atoms with Gasteiger partial charge in [-0.2, -0.15) is 0 Å². The first-order valence-corrected chi connectivity index (χ1v) is 10.4. The standard InChI is InChI=1S/C21H29F2N3O5.ClH/c22-17-13-16-14-20(21(28)25-3-1-24-2-4-25)26(19(16)15-18(17)23)5-7-29-9-11-31-12-10-30-8-6-27;/h13-15,24,27H,1-12H2;1H. The predicted octanol–water partition coefficient (Wildman–Crippen LogP) is 1.43. The second kappa shape index (κ2) is 13.7. The number of carbonyl (C=O) groups excluding carboxylic acids is 1. The van der Waals surface area contributed by atoms with Crippen molar-refractivity contribution < 1.29 is 32.9 Å². The van der Waals surface area contributed by atoms with E-state index >= 15 is 0 Å². The largest absolute Gasteiger partial charge is 0.394 e. The molecule has 1 aliphatic rings. The second-order valence-corrected chi connectivity index (χ2v) is 7.11. The number of benzene rings is 1. The van der Waals surface area contributed by atoms with Crippen molar-refractivity contribution in [3.8, 4) is 0 Å². The molecule has 32 heavy (non-hydrogen) atoms. The highest BCUT2D eigenvalue weighted by molar-refractivity contribution is 5.99. The number of aromatic nitrogens is 1. The molecule has 11 heteroatoms. The van der Waals surface area contributed by atoms with Crippen LogP contribution in [0.5, 0.6) is 0 Å². The van der Waals surface area contributed by atoms with E-state index < -0.39 is 11.6 Å². The van der Waals surface area contributed by atoms with Gasteiger partial charge in [0, 0.05) is 44.2 Å². The van der Waals surface area contributed by atoms with Gasteiger partial charge in [0.05, 0.1) is 51.8 Å². The number of ether oxygens (including phenoxy) is 3. The van der Waals surface area contributed by atoms with Crippen LogP contribution < -0.4 is 5.32 Å². The highest BCUT2D eigenvalue weighted by Gasteiger charge is 2.23. The number of nitrogens with zero attached hydrogens (tertiary/aromatic N) is 2. The van der Waals surface area contributed by atoms with E-state index in [2.05, 4.69) is 5.32 Å². The molecule has 0 aliphatic carbocycles. The number of halogens is 3. The molecule has 1 aliphatic heterocycles. The summed E-state index contributed by atoms with van der Waals surface area (Å²) < 4.78 is 45.3. The van der Waals surface area contributed by atoms with Crippen LogP contribution in [0.25, 0.3) is 10.9 Å². The van der Waals surface area contributed by atoms with Gasteiger partial charge in [0.15, 0.2) is 11.6 Å². The van der Waals surface area contributed by atoms with Gasteiger partial charge in [-0.3, -0.25) is 4.79 Å². The molecule has 0 radical (unpaired) electrons. The molecule has 1 fully saturated rings.